The smallest absolute Gasteiger partial charge is 0.434 e. The highest BCUT2D eigenvalue weighted by Gasteiger charge is 2.22. The van der Waals surface area contributed by atoms with Gasteiger partial charge in [-0.15, -0.1) is 0 Å². The summed E-state index contributed by atoms with van der Waals surface area (Å²) in [4.78, 5) is 27.6. The summed E-state index contributed by atoms with van der Waals surface area (Å²) >= 11 is 0. The molecule has 0 N–H and O–H groups in total. The van der Waals surface area contributed by atoms with Crippen LogP contribution in [0.3, 0.4) is 0 Å². The van der Waals surface area contributed by atoms with Gasteiger partial charge in [-0.05, 0) is 45.4 Å². The monoisotopic (exact) mass is 311 g/mol. The number of halogens is 2. The number of nitrogens with zero attached hydrogens (tertiary/aromatic N) is 1. The van der Waals surface area contributed by atoms with Crippen LogP contribution in [0, 0.1) is 11.6 Å². The van der Waals surface area contributed by atoms with Gasteiger partial charge in [0.15, 0.2) is 0 Å². The third-order valence-electron chi connectivity index (χ3n) is 2.54. The maximum Gasteiger partial charge on any atom is 0.434 e. The third kappa shape index (κ3) is 5.35. The van der Waals surface area contributed by atoms with Crippen LogP contribution in [0.25, 0.3) is 0 Å². The van der Waals surface area contributed by atoms with Gasteiger partial charge in [0.05, 0.1) is 11.3 Å². The summed E-state index contributed by atoms with van der Waals surface area (Å²) in [5.74, 6) is -2.41. The summed E-state index contributed by atoms with van der Waals surface area (Å²) in [5, 5.41) is 0. The van der Waals surface area contributed by atoms with Crippen molar-refractivity contribution in [3.8, 4) is 0 Å². The highest BCUT2D eigenvalue weighted by Crippen LogP contribution is 2.14. The Morgan fingerprint density at radius 3 is 2.41 bits per heavy atom. The van der Waals surface area contributed by atoms with E-state index in [0.717, 1.165) is 18.2 Å². The van der Waals surface area contributed by atoms with E-state index < -0.39 is 34.7 Å². The lowest BCUT2D eigenvalue weighted by atomic mass is 10.0. The molecule has 0 aliphatic rings. The molecule has 0 unspecified atom stereocenters. The van der Waals surface area contributed by atoms with Gasteiger partial charge < -0.3 is 4.74 Å². The van der Waals surface area contributed by atoms with Crippen molar-refractivity contribution in [3.05, 3.63) is 35.4 Å². The maximum absolute atomic E-state index is 13.7. The Labute approximate surface area is 128 Å². The number of benzene rings is 1. The minimum absolute atomic E-state index is 0.152. The van der Waals surface area contributed by atoms with Gasteiger partial charge in [0.1, 0.15) is 17.2 Å². The molecule has 0 radical (unpaired) electrons. The second-order valence-corrected chi connectivity index (χ2v) is 5.74. The van der Waals surface area contributed by atoms with Gasteiger partial charge in [-0.25, -0.2) is 13.6 Å². The number of hydrogen-bond donors (Lipinski definition) is 0. The van der Waals surface area contributed by atoms with E-state index in [2.05, 4.69) is 4.99 Å². The van der Waals surface area contributed by atoms with Crippen molar-refractivity contribution in [2.45, 2.75) is 46.1 Å². The molecule has 0 aliphatic heterocycles. The number of ketones is 1. The van der Waals surface area contributed by atoms with Crippen LogP contribution in [0.1, 0.15) is 50.9 Å². The Bertz CT molecular complexity index is 604. The maximum atomic E-state index is 13.7. The molecule has 6 heteroatoms. The van der Waals surface area contributed by atoms with E-state index in [1.807, 2.05) is 0 Å². The SMILES string of the molecule is CCCC(=NC(=O)OC(C)(C)C)C(=O)c1cc(F)ccc1F. The molecule has 0 saturated carbocycles. The summed E-state index contributed by atoms with van der Waals surface area (Å²) in [7, 11) is 0. The zero-order valence-corrected chi connectivity index (χ0v) is 13.1. The fourth-order valence-electron chi connectivity index (χ4n) is 1.68. The topological polar surface area (TPSA) is 55.7 Å². The lowest BCUT2D eigenvalue weighted by molar-refractivity contribution is 0.0602. The molecule has 0 bridgehead atoms. The lowest BCUT2D eigenvalue weighted by Crippen LogP contribution is -2.24. The first-order valence-corrected chi connectivity index (χ1v) is 6.94. The number of aliphatic imine (C=N–C) groups is 1. The highest BCUT2D eigenvalue weighted by molar-refractivity contribution is 6.47. The standard InChI is InChI=1S/C16H19F2NO3/c1-5-6-13(19-15(21)22-16(2,3)4)14(20)11-9-10(17)7-8-12(11)18/h7-9H,5-6H2,1-4H3. The van der Waals surface area contributed by atoms with Crippen molar-refractivity contribution in [1.29, 1.82) is 0 Å². The molecule has 0 atom stereocenters. The first-order chi connectivity index (χ1) is 10.1. The van der Waals surface area contributed by atoms with Crippen LogP contribution in [0.2, 0.25) is 0 Å². The average Bonchev–Trinajstić information content (AvgIpc) is 2.38. The van der Waals surface area contributed by atoms with E-state index in [1.54, 1.807) is 27.7 Å². The zero-order chi connectivity index (χ0) is 16.9. The van der Waals surface area contributed by atoms with Crippen molar-refractivity contribution in [2.24, 2.45) is 4.99 Å². The number of ether oxygens (including phenoxy) is 1. The number of amides is 1. The van der Waals surface area contributed by atoms with E-state index in [-0.39, 0.29) is 12.1 Å². The number of rotatable bonds is 4. The van der Waals surface area contributed by atoms with Crippen molar-refractivity contribution in [1.82, 2.24) is 0 Å². The third-order valence-corrected chi connectivity index (χ3v) is 2.54. The predicted octanol–water partition coefficient (Wildman–Crippen LogP) is 4.32. The Hall–Kier alpha value is -2.11. The second kappa shape index (κ2) is 7.24. The minimum Gasteiger partial charge on any atom is -0.442 e. The van der Waals surface area contributed by atoms with E-state index in [9.17, 15) is 18.4 Å². The molecule has 1 amide bonds. The van der Waals surface area contributed by atoms with Gasteiger partial charge in [0.25, 0.3) is 0 Å². The zero-order valence-electron chi connectivity index (χ0n) is 13.1. The summed E-state index contributed by atoms with van der Waals surface area (Å²) in [6.45, 7) is 6.76. The quantitative estimate of drug-likeness (QED) is 0.614. The van der Waals surface area contributed by atoms with Crippen LogP contribution in [0.5, 0.6) is 0 Å². The Morgan fingerprint density at radius 1 is 1.23 bits per heavy atom. The van der Waals surface area contributed by atoms with Crippen molar-refractivity contribution in [2.75, 3.05) is 0 Å². The number of carbonyl (C=O) groups is 2. The molecule has 0 aliphatic carbocycles. The Kier molecular flexibility index (Phi) is 5.91. The van der Waals surface area contributed by atoms with Crippen LogP contribution in [-0.4, -0.2) is 23.2 Å². The van der Waals surface area contributed by atoms with Gasteiger partial charge in [-0.1, -0.05) is 13.3 Å². The predicted molar refractivity (Wildman–Crippen MR) is 79.3 cm³/mol. The van der Waals surface area contributed by atoms with Crippen LogP contribution < -0.4 is 0 Å². The van der Waals surface area contributed by atoms with E-state index in [0.29, 0.717) is 6.42 Å². The van der Waals surface area contributed by atoms with Gasteiger partial charge in [0.2, 0.25) is 5.78 Å². The fraction of sp³-hybridized carbons (Fsp3) is 0.438. The summed E-state index contributed by atoms with van der Waals surface area (Å²) in [6, 6.07) is 2.56. The van der Waals surface area contributed by atoms with E-state index in [4.69, 9.17) is 4.74 Å². The van der Waals surface area contributed by atoms with Gasteiger partial charge in [0, 0.05) is 0 Å². The molecule has 0 heterocycles. The molecule has 120 valence electrons. The van der Waals surface area contributed by atoms with Crippen LogP contribution in [-0.2, 0) is 4.74 Å². The molecule has 1 aromatic carbocycles. The van der Waals surface area contributed by atoms with Gasteiger partial charge in [-0.2, -0.15) is 4.99 Å². The number of carbonyl (C=O) groups excluding carboxylic acids is 2. The fourth-order valence-corrected chi connectivity index (χ4v) is 1.68. The summed E-state index contributed by atoms with van der Waals surface area (Å²) < 4.78 is 31.9. The second-order valence-electron chi connectivity index (χ2n) is 5.74. The van der Waals surface area contributed by atoms with Crippen molar-refractivity contribution >= 4 is 17.6 Å². The largest absolute Gasteiger partial charge is 0.442 e. The molecular weight excluding hydrogens is 292 g/mol. The molecule has 1 aromatic rings. The molecule has 4 nitrogen and oxygen atoms in total. The van der Waals surface area contributed by atoms with Gasteiger partial charge >= 0.3 is 6.09 Å². The Morgan fingerprint density at radius 2 is 1.86 bits per heavy atom. The number of hydrogen-bond acceptors (Lipinski definition) is 3. The first-order valence-electron chi connectivity index (χ1n) is 6.94. The van der Waals surface area contributed by atoms with Crippen LogP contribution in [0.4, 0.5) is 13.6 Å². The highest BCUT2D eigenvalue weighted by atomic mass is 19.1. The molecule has 0 aromatic heterocycles. The average molecular weight is 311 g/mol. The van der Waals surface area contributed by atoms with Crippen LogP contribution >= 0.6 is 0 Å². The molecule has 1 rings (SSSR count). The van der Waals surface area contributed by atoms with Crippen LogP contribution in [0.15, 0.2) is 23.2 Å². The van der Waals surface area contributed by atoms with Crippen molar-refractivity contribution < 1.29 is 23.1 Å². The minimum atomic E-state index is -0.930. The summed E-state index contributed by atoms with van der Waals surface area (Å²) in [5.41, 5.74) is -1.36. The molecule has 22 heavy (non-hydrogen) atoms. The molecule has 0 saturated heterocycles. The molecule has 0 fully saturated rings. The molecular formula is C16H19F2NO3. The van der Waals surface area contributed by atoms with E-state index >= 15 is 0 Å². The van der Waals surface area contributed by atoms with Crippen molar-refractivity contribution in [3.63, 3.8) is 0 Å². The normalized spacial score (nSPS) is 12.2. The molecule has 0 spiro atoms. The Balaban J connectivity index is 3.11. The number of Topliss-reactive ketones (excluding diaryl/α,β-unsaturated/α-hetero) is 1. The lowest BCUT2D eigenvalue weighted by Gasteiger charge is -2.17. The first kappa shape index (κ1) is 17.9. The summed E-state index contributed by atoms with van der Waals surface area (Å²) in [6.07, 6.45) is -0.251. The van der Waals surface area contributed by atoms with E-state index in [1.165, 1.54) is 0 Å². The van der Waals surface area contributed by atoms with Gasteiger partial charge in [-0.3, -0.25) is 4.79 Å².